The van der Waals surface area contributed by atoms with Crippen molar-refractivity contribution in [2.45, 2.75) is 24.9 Å². The molecule has 0 aliphatic carbocycles. The van der Waals surface area contributed by atoms with Crippen LogP contribution in [0.15, 0.2) is 36.9 Å². The van der Waals surface area contributed by atoms with E-state index in [0.29, 0.717) is 5.69 Å². The summed E-state index contributed by atoms with van der Waals surface area (Å²) < 4.78 is 59.9. The van der Waals surface area contributed by atoms with Gasteiger partial charge in [-0.15, -0.1) is 0 Å². The van der Waals surface area contributed by atoms with Crippen molar-refractivity contribution in [2.24, 2.45) is 0 Å². The molecule has 0 amide bonds. The fourth-order valence-electron chi connectivity index (χ4n) is 3.78. The molecule has 3 heterocycles. The third kappa shape index (κ3) is 7.28. The number of phosphoric ester groups is 1. The van der Waals surface area contributed by atoms with Crippen LogP contribution in [0.4, 0.5) is 11.5 Å². The predicted molar refractivity (Wildman–Crippen MR) is 133 cm³/mol. The van der Waals surface area contributed by atoms with E-state index in [-0.39, 0.29) is 29.0 Å². The van der Waals surface area contributed by atoms with Gasteiger partial charge in [0.2, 0.25) is 0 Å². The van der Waals surface area contributed by atoms with Gasteiger partial charge in [0.25, 0.3) is 0 Å². The van der Waals surface area contributed by atoms with Crippen LogP contribution in [0.25, 0.3) is 11.2 Å². The molecule has 5 atom stereocenters. The van der Waals surface area contributed by atoms with E-state index in [1.54, 1.807) is 25.2 Å². The van der Waals surface area contributed by atoms with Crippen LogP contribution in [-0.4, -0.2) is 70.9 Å². The molecule has 2 aromatic heterocycles. The van der Waals surface area contributed by atoms with Gasteiger partial charge in [-0.1, -0.05) is 12.1 Å². The van der Waals surface area contributed by atoms with Crippen molar-refractivity contribution in [2.75, 3.05) is 24.7 Å². The van der Waals surface area contributed by atoms with Crippen molar-refractivity contribution < 1.29 is 60.7 Å². The number of benzene rings is 1. The largest absolute Gasteiger partial charge is 0.490 e. The van der Waals surface area contributed by atoms with Crippen LogP contribution in [-0.2, 0) is 36.3 Å². The Morgan fingerprint density at radius 3 is 2.55 bits per heavy atom. The van der Waals surface area contributed by atoms with Crippen molar-refractivity contribution in [3.8, 4) is 0 Å². The number of carbonyl (C=O) groups is 1. The first kappa shape index (κ1) is 30.2. The van der Waals surface area contributed by atoms with Gasteiger partial charge in [0.05, 0.1) is 18.5 Å². The quantitative estimate of drug-likeness (QED) is 0.129. The Bertz CT molecular complexity index is 1550. The summed E-state index contributed by atoms with van der Waals surface area (Å²) in [6.07, 6.45) is -0.785. The van der Waals surface area contributed by atoms with Crippen LogP contribution in [0.3, 0.4) is 0 Å². The molecule has 1 saturated heterocycles. The number of nitrogens with two attached hydrogens (primary N) is 1. The summed E-state index contributed by atoms with van der Waals surface area (Å²) in [7, 11) is -15.2. The lowest BCUT2D eigenvalue weighted by atomic mass is 10.1. The number of nitrogens with zero attached hydrogens (tertiary/aromatic N) is 4. The van der Waals surface area contributed by atoms with Gasteiger partial charge in [0.1, 0.15) is 30.3 Å². The second kappa shape index (κ2) is 11.6. The number of nitrogens with one attached hydrogen (secondary N) is 1. The molecule has 218 valence electrons. The van der Waals surface area contributed by atoms with Crippen molar-refractivity contribution in [1.82, 2.24) is 19.5 Å². The highest BCUT2D eigenvalue weighted by Crippen LogP contribution is 2.66. The minimum absolute atomic E-state index is 0.0345. The van der Waals surface area contributed by atoms with Crippen molar-refractivity contribution >= 4 is 52.1 Å². The Morgan fingerprint density at radius 2 is 1.85 bits per heavy atom. The summed E-state index contributed by atoms with van der Waals surface area (Å²) in [4.78, 5) is 61.7. The first-order chi connectivity index (χ1) is 18.7. The molecule has 0 radical (unpaired) electrons. The fourth-order valence-corrected chi connectivity index (χ4v) is 6.81. The van der Waals surface area contributed by atoms with Gasteiger partial charge >= 0.3 is 29.4 Å². The number of para-hydroxylation sites is 1. The Morgan fingerprint density at radius 1 is 1.12 bits per heavy atom. The predicted octanol–water partition coefficient (Wildman–Crippen LogP) is 1.31. The summed E-state index contributed by atoms with van der Waals surface area (Å²) in [5.41, 5.74) is 7.00. The molecule has 2 unspecified atom stereocenters. The maximum absolute atomic E-state index is 13.0. The average Bonchev–Trinajstić information content (AvgIpc) is 3.45. The highest BCUT2D eigenvalue weighted by Gasteiger charge is 2.44. The van der Waals surface area contributed by atoms with Gasteiger partial charge in [0.15, 0.2) is 11.5 Å². The number of rotatable bonds is 11. The Hall–Kier alpha value is -2.79. The molecule has 0 saturated carbocycles. The average molecular weight is 624 g/mol. The van der Waals surface area contributed by atoms with E-state index in [9.17, 15) is 28.3 Å². The Balaban J connectivity index is 1.55. The van der Waals surface area contributed by atoms with Gasteiger partial charge in [-0.05, 0) is 12.1 Å². The number of anilines is 2. The molecule has 4 rings (SSSR count). The molecule has 0 spiro atoms. The van der Waals surface area contributed by atoms with Crippen LogP contribution in [0.1, 0.15) is 23.0 Å². The molecule has 7 N–H and O–H groups in total. The number of hydrogen-bond donors (Lipinski definition) is 6. The number of phosphoric acid groups is 3. The van der Waals surface area contributed by atoms with Gasteiger partial charge in [0, 0.05) is 19.2 Å². The van der Waals surface area contributed by atoms with Crippen molar-refractivity contribution in [3.63, 3.8) is 0 Å². The molecule has 1 aliphatic heterocycles. The third-order valence-corrected chi connectivity index (χ3v) is 9.17. The summed E-state index contributed by atoms with van der Waals surface area (Å²) in [5.74, 6) is -0.679. The standard InChI is InChI=1S/C18H23N6O13P3/c1-20-11-5-3-2-4-10(11)18(25)35-12-6-14(24-9-23-15-16(19)21-8-22-17(15)24)34-13(12)7-33-39(29,30)37-40(31,32)36-38(26,27)28/h2-5,8-9,12-14,20H,6-7H2,1H3,(H,29,30)(H,31,32)(H2,19,21,22)(H2,26,27,28)/t12-,13-,14-/m1/s1. The van der Waals surface area contributed by atoms with Gasteiger partial charge < -0.3 is 40.1 Å². The molecule has 19 nitrogen and oxygen atoms in total. The van der Waals surface area contributed by atoms with Crippen molar-refractivity contribution in [1.29, 1.82) is 0 Å². The normalized spacial score (nSPS) is 22.5. The molecule has 22 heteroatoms. The summed E-state index contributed by atoms with van der Waals surface area (Å²) in [6, 6.07) is 6.45. The Kier molecular flexibility index (Phi) is 8.75. The number of ether oxygens (including phenoxy) is 2. The second-order valence-corrected chi connectivity index (χ2v) is 12.5. The van der Waals surface area contributed by atoms with E-state index in [2.05, 4.69) is 28.9 Å². The fraction of sp³-hybridized carbons (Fsp3) is 0.333. The third-order valence-electron chi connectivity index (χ3n) is 5.37. The molecule has 1 aromatic carbocycles. The molecule has 1 aliphatic rings. The number of aromatic nitrogens is 4. The number of hydrogen-bond acceptors (Lipinski definition) is 14. The summed E-state index contributed by atoms with van der Waals surface area (Å²) in [6.45, 7) is -0.852. The number of fused-ring (bicyclic) bond motifs is 1. The van der Waals surface area contributed by atoms with Crippen LogP contribution in [0.5, 0.6) is 0 Å². The topological polar surface area (TPSA) is 277 Å². The SMILES string of the molecule is CNc1ccccc1C(=O)O[C@@H]1C[C@H](n2cnc3c(N)ncnc32)O[C@@H]1COP(=O)(O)OP(=O)(O)OP(=O)(O)O. The Labute approximate surface area is 224 Å². The molecule has 1 fully saturated rings. The number of esters is 1. The minimum atomic E-state index is -5.74. The zero-order chi connectivity index (χ0) is 29.3. The van der Waals surface area contributed by atoms with Gasteiger partial charge in [-0.3, -0.25) is 9.09 Å². The molecule has 40 heavy (non-hydrogen) atoms. The summed E-state index contributed by atoms with van der Waals surface area (Å²) >= 11 is 0. The maximum atomic E-state index is 13.0. The molecular weight excluding hydrogens is 601 g/mol. The number of imidazole rings is 1. The number of nitrogen functional groups attached to an aromatic ring is 1. The summed E-state index contributed by atoms with van der Waals surface area (Å²) in [5, 5.41) is 2.85. The van der Waals surface area contributed by atoms with Crippen LogP contribution in [0, 0.1) is 0 Å². The van der Waals surface area contributed by atoms with Gasteiger partial charge in [-0.2, -0.15) is 8.62 Å². The molecular formula is C18H23N6O13P3. The lowest BCUT2D eigenvalue weighted by Gasteiger charge is -2.21. The van der Waals surface area contributed by atoms with E-state index in [1.807, 2.05) is 0 Å². The minimum Gasteiger partial charge on any atom is -0.456 e. The first-order valence-electron chi connectivity index (χ1n) is 11.0. The monoisotopic (exact) mass is 624 g/mol. The molecule has 3 aromatic rings. The highest BCUT2D eigenvalue weighted by atomic mass is 31.3. The van der Waals surface area contributed by atoms with E-state index < -0.39 is 54.5 Å². The van der Waals surface area contributed by atoms with Gasteiger partial charge in [-0.25, -0.2) is 33.4 Å². The van der Waals surface area contributed by atoms with E-state index in [1.165, 1.54) is 23.3 Å². The lowest BCUT2D eigenvalue weighted by molar-refractivity contribution is -0.0489. The van der Waals surface area contributed by atoms with E-state index in [0.717, 1.165) is 0 Å². The van der Waals surface area contributed by atoms with Crippen LogP contribution in [0.2, 0.25) is 0 Å². The van der Waals surface area contributed by atoms with Crippen LogP contribution >= 0.6 is 23.5 Å². The zero-order valence-electron chi connectivity index (χ0n) is 20.3. The zero-order valence-corrected chi connectivity index (χ0v) is 23.0. The first-order valence-corrected chi connectivity index (χ1v) is 15.5. The molecule has 0 bridgehead atoms. The van der Waals surface area contributed by atoms with Crippen LogP contribution < -0.4 is 11.1 Å². The maximum Gasteiger partial charge on any atom is 0.490 e. The van der Waals surface area contributed by atoms with Crippen molar-refractivity contribution in [3.05, 3.63) is 42.5 Å². The second-order valence-electron chi connectivity index (χ2n) is 8.07. The smallest absolute Gasteiger partial charge is 0.456 e. The number of carbonyl (C=O) groups excluding carboxylic acids is 1. The lowest BCUT2D eigenvalue weighted by Crippen LogP contribution is -2.31. The van der Waals surface area contributed by atoms with E-state index >= 15 is 0 Å². The highest BCUT2D eigenvalue weighted by molar-refractivity contribution is 7.66. The van der Waals surface area contributed by atoms with E-state index in [4.69, 9.17) is 29.5 Å².